The Morgan fingerprint density at radius 3 is 2.08 bits per heavy atom. The Hall–Kier alpha value is -3.64. The highest BCUT2D eigenvalue weighted by molar-refractivity contribution is 6.31. The molecule has 2 aliphatic heterocycles. The maximum Gasteiger partial charge on any atom is 0.261 e. The van der Waals surface area contributed by atoms with Crippen LogP contribution in [0.15, 0.2) is 84.9 Å². The third kappa shape index (κ3) is 4.05. The zero-order valence-electron chi connectivity index (χ0n) is 20.1. The van der Waals surface area contributed by atoms with Crippen molar-refractivity contribution in [1.29, 1.82) is 0 Å². The van der Waals surface area contributed by atoms with E-state index < -0.39 is 23.9 Å². The fourth-order valence-electron chi connectivity index (χ4n) is 5.62. The molecule has 5 rings (SSSR count). The van der Waals surface area contributed by atoms with E-state index in [-0.39, 0.29) is 30.2 Å². The molecule has 3 amide bonds. The summed E-state index contributed by atoms with van der Waals surface area (Å²) in [5, 5.41) is 0.450. The van der Waals surface area contributed by atoms with E-state index in [2.05, 4.69) is 0 Å². The van der Waals surface area contributed by atoms with Gasteiger partial charge >= 0.3 is 0 Å². The number of fused-ring (bicyclic) bond motifs is 1. The van der Waals surface area contributed by atoms with Gasteiger partial charge in [0.2, 0.25) is 11.8 Å². The number of ether oxygens (including phenoxy) is 1. The van der Waals surface area contributed by atoms with E-state index in [1.165, 1.54) is 4.90 Å². The molecule has 0 N–H and O–H groups in total. The normalized spacial score (nSPS) is 23.3. The second-order valence-electron chi connectivity index (χ2n) is 9.50. The number of rotatable bonds is 6. The number of amides is 3. The zero-order valence-corrected chi connectivity index (χ0v) is 20.8. The molecule has 2 saturated heterocycles. The molecule has 184 valence electrons. The van der Waals surface area contributed by atoms with Crippen molar-refractivity contribution in [3.63, 3.8) is 0 Å². The van der Waals surface area contributed by atoms with E-state index in [1.54, 1.807) is 53.4 Å². The van der Waals surface area contributed by atoms with Crippen LogP contribution in [-0.4, -0.2) is 35.3 Å². The number of carbonyl (C=O) groups is 3. The molecule has 0 saturated carbocycles. The molecular weight excluding hydrogens is 476 g/mol. The number of para-hydroxylation sites is 2. The van der Waals surface area contributed by atoms with Gasteiger partial charge in [-0.3, -0.25) is 14.4 Å². The maximum absolute atomic E-state index is 13.9. The van der Waals surface area contributed by atoms with Crippen molar-refractivity contribution in [2.75, 3.05) is 11.5 Å². The van der Waals surface area contributed by atoms with Crippen LogP contribution in [0.4, 0.5) is 5.69 Å². The molecule has 7 heteroatoms. The van der Waals surface area contributed by atoms with Crippen LogP contribution < -0.4 is 9.64 Å². The molecule has 0 spiro atoms. The molecule has 4 atom stereocenters. The van der Waals surface area contributed by atoms with Crippen LogP contribution in [0.5, 0.6) is 5.75 Å². The quantitative estimate of drug-likeness (QED) is 0.438. The second-order valence-corrected chi connectivity index (χ2v) is 9.91. The van der Waals surface area contributed by atoms with E-state index in [4.69, 9.17) is 16.3 Å². The molecule has 36 heavy (non-hydrogen) atoms. The second kappa shape index (κ2) is 9.78. The molecule has 0 aliphatic carbocycles. The summed E-state index contributed by atoms with van der Waals surface area (Å²) in [7, 11) is 0. The number of hydrogen-bond donors (Lipinski definition) is 0. The number of carbonyl (C=O) groups excluding carboxylic acids is 3. The summed E-state index contributed by atoms with van der Waals surface area (Å²) in [6, 6.07) is 24.1. The van der Waals surface area contributed by atoms with Crippen LogP contribution in [-0.2, 0) is 14.4 Å². The fraction of sp³-hybridized carbons (Fsp3) is 0.276. The predicted octanol–water partition coefficient (Wildman–Crippen LogP) is 5.13. The Morgan fingerprint density at radius 1 is 0.861 bits per heavy atom. The molecule has 2 fully saturated rings. The van der Waals surface area contributed by atoms with Gasteiger partial charge in [-0.25, -0.2) is 4.90 Å². The minimum absolute atomic E-state index is 0.0851. The lowest BCUT2D eigenvalue weighted by Crippen LogP contribution is -2.48. The molecule has 0 radical (unpaired) electrons. The standard InChI is InChI=1S/C29H27ClN2O4/c1-18(2)26-24-25(29(35)31(28(24)34)19-11-5-3-6-12-19)27(21-15-9-10-16-22(21)30)32(26)23(33)17-36-20-13-7-4-8-14-20/h3-16,18,24-27H,17H2,1-2H3. The lowest BCUT2D eigenvalue weighted by molar-refractivity contribution is -0.139. The molecule has 6 nitrogen and oxygen atoms in total. The number of nitrogens with zero attached hydrogens (tertiary/aromatic N) is 2. The summed E-state index contributed by atoms with van der Waals surface area (Å²) in [4.78, 5) is 44.4. The fourth-order valence-corrected chi connectivity index (χ4v) is 5.87. The third-order valence-corrected chi connectivity index (χ3v) is 7.39. The summed E-state index contributed by atoms with van der Waals surface area (Å²) >= 11 is 6.62. The largest absolute Gasteiger partial charge is 0.484 e. The smallest absolute Gasteiger partial charge is 0.261 e. The number of halogens is 1. The first-order valence-corrected chi connectivity index (χ1v) is 12.4. The van der Waals surface area contributed by atoms with Crippen molar-refractivity contribution in [3.05, 3.63) is 95.5 Å². The lowest BCUT2D eigenvalue weighted by Gasteiger charge is -2.36. The molecule has 3 aromatic carbocycles. The van der Waals surface area contributed by atoms with Crippen LogP contribution in [0.1, 0.15) is 25.5 Å². The van der Waals surface area contributed by atoms with Gasteiger partial charge in [-0.15, -0.1) is 0 Å². The first-order valence-electron chi connectivity index (χ1n) is 12.1. The molecule has 3 aromatic rings. The van der Waals surface area contributed by atoms with E-state index >= 15 is 0 Å². The van der Waals surface area contributed by atoms with Gasteiger partial charge < -0.3 is 9.64 Å². The zero-order chi connectivity index (χ0) is 25.4. The minimum atomic E-state index is -0.745. The Bertz CT molecular complexity index is 1280. The lowest BCUT2D eigenvalue weighted by atomic mass is 9.83. The Kier molecular flexibility index (Phi) is 6.54. The molecular formula is C29H27ClN2O4. The van der Waals surface area contributed by atoms with Crippen LogP contribution in [0.3, 0.4) is 0 Å². The maximum atomic E-state index is 13.9. The Labute approximate surface area is 215 Å². The van der Waals surface area contributed by atoms with Crippen molar-refractivity contribution in [3.8, 4) is 5.75 Å². The van der Waals surface area contributed by atoms with E-state index in [1.807, 2.05) is 50.2 Å². The summed E-state index contributed by atoms with van der Waals surface area (Å²) < 4.78 is 5.78. The number of hydrogen-bond acceptors (Lipinski definition) is 4. The molecule has 2 heterocycles. The average molecular weight is 503 g/mol. The Balaban J connectivity index is 1.58. The van der Waals surface area contributed by atoms with Gasteiger partial charge in [-0.05, 0) is 41.8 Å². The van der Waals surface area contributed by atoms with Crippen molar-refractivity contribution < 1.29 is 19.1 Å². The average Bonchev–Trinajstić information content (AvgIpc) is 3.37. The Morgan fingerprint density at radius 2 is 1.44 bits per heavy atom. The van der Waals surface area contributed by atoms with Gasteiger partial charge in [0.1, 0.15) is 5.75 Å². The van der Waals surface area contributed by atoms with Crippen molar-refractivity contribution in [2.45, 2.75) is 25.9 Å². The van der Waals surface area contributed by atoms with Crippen LogP contribution >= 0.6 is 11.6 Å². The minimum Gasteiger partial charge on any atom is -0.484 e. The van der Waals surface area contributed by atoms with Gasteiger partial charge in [-0.2, -0.15) is 0 Å². The summed E-state index contributed by atoms with van der Waals surface area (Å²) in [5.41, 5.74) is 1.19. The predicted molar refractivity (Wildman–Crippen MR) is 138 cm³/mol. The first-order chi connectivity index (χ1) is 17.4. The molecule has 0 aromatic heterocycles. The van der Waals surface area contributed by atoms with Gasteiger partial charge in [0, 0.05) is 11.1 Å². The van der Waals surface area contributed by atoms with Crippen LogP contribution in [0.2, 0.25) is 5.02 Å². The molecule has 2 aliphatic rings. The third-order valence-electron chi connectivity index (χ3n) is 7.04. The summed E-state index contributed by atoms with van der Waals surface area (Å²) in [6.07, 6.45) is 0. The monoisotopic (exact) mass is 502 g/mol. The van der Waals surface area contributed by atoms with Gasteiger partial charge in [0.05, 0.1) is 23.6 Å². The number of imide groups is 1. The van der Waals surface area contributed by atoms with Gasteiger partial charge in [0.25, 0.3) is 5.91 Å². The van der Waals surface area contributed by atoms with Crippen molar-refractivity contribution in [2.24, 2.45) is 17.8 Å². The molecule has 0 bridgehead atoms. The number of benzene rings is 3. The van der Waals surface area contributed by atoms with Crippen molar-refractivity contribution >= 4 is 35.0 Å². The topological polar surface area (TPSA) is 66.9 Å². The first kappa shape index (κ1) is 24.1. The highest BCUT2D eigenvalue weighted by Crippen LogP contribution is 2.53. The highest BCUT2D eigenvalue weighted by atomic mass is 35.5. The van der Waals surface area contributed by atoms with E-state index in [0.29, 0.717) is 22.0 Å². The number of anilines is 1. The van der Waals surface area contributed by atoms with E-state index in [9.17, 15) is 14.4 Å². The van der Waals surface area contributed by atoms with Crippen molar-refractivity contribution in [1.82, 2.24) is 4.90 Å². The summed E-state index contributed by atoms with van der Waals surface area (Å²) in [6.45, 7) is 3.73. The van der Waals surface area contributed by atoms with Crippen LogP contribution in [0.25, 0.3) is 0 Å². The molecule has 4 unspecified atom stereocenters. The van der Waals surface area contributed by atoms with Gasteiger partial charge in [-0.1, -0.05) is 80.0 Å². The SMILES string of the molecule is CC(C)C1C2C(=O)N(c3ccccc3)C(=O)C2C(c2ccccc2Cl)N1C(=O)COc1ccccc1. The van der Waals surface area contributed by atoms with Gasteiger partial charge in [0.15, 0.2) is 6.61 Å². The van der Waals surface area contributed by atoms with Crippen LogP contribution in [0, 0.1) is 17.8 Å². The number of likely N-dealkylation sites (tertiary alicyclic amines) is 1. The van der Waals surface area contributed by atoms with E-state index in [0.717, 1.165) is 0 Å². The highest BCUT2D eigenvalue weighted by Gasteiger charge is 2.64. The summed E-state index contributed by atoms with van der Waals surface area (Å²) in [5.74, 6) is -1.83.